The highest BCUT2D eigenvalue weighted by Crippen LogP contribution is 2.31. The average molecular weight is 517 g/mol. The molecule has 12 heteroatoms. The second-order valence-corrected chi connectivity index (χ2v) is 9.92. The highest BCUT2D eigenvalue weighted by Gasteiger charge is 2.37. The maximum atomic E-state index is 13.2. The minimum Gasteiger partial charge on any atom is -0.493 e. The van der Waals surface area contributed by atoms with Crippen molar-refractivity contribution in [3.05, 3.63) is 54.2 Å². The van der Waals surface area contributed by atoms with Crippen LogP contribution >= 0.6 is 0 Å². The summed E-state index contributed by atoms with van der Waals surface area (Å²) in [5.41, 5.74) is 2.03. The van der Waals surface area contributed by atoms with Gasteiger partial charge in [-0.2, -0.15) is 4.31 Å². The number of benzene rings is 2. The molecule has 3 N–H and O–H groups in total. The molecule has 1 fully saturated rings. The van der Waals surface area contributed by atoms with Gasteiger partial charge in [0.1, 0.15) is 6.23 Å². The lowest BCUT2D eigenvalue weighted by Crippen LogP contribution is -2.47. The number of ether oxygens (including phenoxy) is 3. The number of amides is 2. The van der Waals surface area contributed by atoms with Crippen LogP contribution < -0.4 is 20.1 Å². The summed E-state index contributed by atoms with van der Waals surface area (Å²) in [5.74, 6) is -1.00. The van der Waals surface area contributed by atoms with Crippen molar-refractivity contribution >= 4 is 32.7 Å². The number of aromatic amines is 1. The van der Waals surface area contributed by atoms with Gasteiger partial charge >= 0.3 is 11.8 Å². The van der Waals surface area contributed by atoms with E-state index in [-0.39, 0.29) is 36.9 Å². The lowest BCUT2D eigenvalue weighted by atomic mass is 10.1. The van der Waals surface area contributed by atoms with E-state index in [0.29, 0.717) is 12.2 Å². The molecule has 0 saturated carbocycles. The molecule has 11 nitrogen and oxygen atoms in total. The first-order chi connectivity index (χ1) is 17.3. The molecule has 1 aliphatic rings. The molecule has 1 aromatic heterocycles. The third kappa shape index (κ3) is 5.30. The number of carbonyl (C=O) groups is 2. The zero-order valence-electron chi connectivity index (χ0n) is 19.9. The highest BCUT2D eigenvalue weighted by molar-refractivity contribution is 7.89. The fraction of sp³-hybridized carbons (Fsp3) is 0.333. The average Bonchev–Trinajstić information content (AvgIpc) is 3.54. The third-order valence-electron chi connectivity index (χ3n) is 5.90. The monoisotopic (exact) mass is 516 g/mol. The molecule has 3 aromatic rings. The van der Waals surface area contributed by atoms with E-state index in [9.17, 15) is 18.0 Å². The Labute approximate surface area is 208 Å². The van der Waals surface area contributed by atoms with Crippen LogP contribution in [0.5, 0.6) is 11.5 Å². The summed E-state index contributed by atoms with van der Waals surface area (Å²) in [6, 6.07) is 12.1. The topological polar surface area (TPSA) is 139 Å². The van der Waals surface area contributed by atoms with Crippen LogP contribution in [0.15, 0.2) is 53.6 Å². The molecular weight excluding hydrogens is 488 g/mol. The number of methoxy groups -OCH3 is 2. The van der Waals surface area contributed by atoms with E-state index < -0.39 is 28.1 Å². The summed E-state index contributed by atoms with van der Waals surface area (Å²) in [5, 5.41) is 6.11. The number of H-pyrrole nitrogens is 1. The molecule has 0 unspecified atom stereocenters. The predicted octanol–water partition coefficient (Wildman–Crippen LogP) is 1.01. The van der Waals surface area contributed by atoms with Crippen LogP contribution in [-0.2, 0) is 30.8 Å². The number of aromatic nitrogens is 1. The van der Waals surface area contributed by atoms with E-state index in [1.807, 2.05) is 30.5 Å². The molecule has 2 heterocycles. The van der Waals surface area contributed by atoms with Crippen LogP contribution in [0.25, 0.3) is 10.9 Å². The quantitative estimate of drug-likeness (QED) is 0.361. The lowest BCUT2D eigenvalue weighted by Gasteiger charge is -2.23. The van der Waals surface area contributed by atoms with Crippen molar-refractivity contribution < 1.29 is 32.2 Å². The molecule has 1 saturated heterocycles. The van der Waals surface area contributed by atoms with Gasteiger partial charge in [0.25, 0.3) is 0 Å². The Balaban J connectivity index is 1.31. The molecule has 4 rings (SSSR count). The van der Waals surface area contributed by atoms with Gasteiger partial charge in [-0.3, -0.25) is 9.59 Å². The lowest BCUT2D eigenvalue weighted by molar-refractivity contribution is -0.139. The summed E-state index contributed by atoms with van der Waals surface area (Å²) in [6.07, 6.45) is 1.47. The molecule has 1 aliphatic heterocycles. The third-order valence-corrected chi connectivity index (χ3v) is 7.79. The van der Waals surface area contributed by atoms with Crippen molar-refractivity contribution in [1.82, 2.24) is 19.9 Å². The molecule has 0 bridgehead atoms. The number of hydrogen-bond donors (Lipinski definition) is 3. The van der Waals surface area contributed by atoms with Gasteiger partial charge in [-0.25, -0.2) is 8.42 Å². The van der Waals surface area contributed by atoms with Crippen LogP contribution in [-0.4, -0.2) is 76.2 Å². The van der Waals surface area contributed by atoms with Gasteiger partial charge < -0.3 is 29.8 Å². The molecule has 0 aliphatic carbocycles. The van der Waals surface area contributed by atoms with Crippen LogP contribution in [0.1, 0.15) is 5.56 Å². The van der Waals surface area contributed by atoms with Gasteiger partial charge in [0.15, 0.2) is 11.5 Å². The molecule has 36 heavy (non-hydrogen) atoms. The van der Waals surface area contributed by atoms with Crippen molar-refractivity contribution in [2.45, 2.75) is 17.5 Å². The Morgan fingerprint density at radius 2 is 1.83 bits per heavy atom. The minimum atomic E-state index is -3.95. The Hall–Kier alpha value is -3.61. The summed E-state index contributed by atoms with van der Waals surface area (Å²) < 4.78 is 43.4. The fourth-order valence-corrected chi connectivity index (χ4v) is 5.57. The molecular formula is C24H28N4O7S. The van der Waals surface area contributed by atoms with E-state index in [0.717, 1.165) is 20.8 Å². The predicted molar refractivity (Wildman–Crippen MR) is 131 cm³/mol. The van der Waals surface area contributed by atoms with Crippen molar-refractivity contribution in [3.63, 3.8) is 0 Å². The van der Waals surface area contributed by atoms with Gasteiger partial charge in [0.2, 0.25) is 10.0 Å². The standard InChI is InChI=1S/C24H28N4O7S/c1-33-20-8-7-17(13-21(20)34-2)36(31,32)28-11-12-35-22(28)15-27-24(30)23(29)25-10-9-16-14-26-19-6-4-3-5-18(16)19/h3-8,13-14,22,26H,9-12,15H2,1-2H3,(H,25,29)(H,27,30)/t22-/m0/s1. The van der Waals surface area contributed by atoms with Crippen molar-refractivity contribution in [1.29, 1.82) is 0 Å². The van der Waals surface area contributed by atoms with Gasteiger partial charge in [-0.1, -0.05) is 18.2 Å². The Morgan fingerprint density at radius 3 is 2.61 bits per heavy atom. The first-order valence-corrected chi connectivity index (χ1v) is 12.8. The zero-order valence-corrected chi connectivity index (χ0v) is 20.8. The number of nitrogens with one attached hydrogen (secondary N) is 3. The van der Waals surface area contributed by atoms with Crippen molar-refractivity contribution in [3.8, 4) is 11.5 Å². The largest absolute Gasteiger partial charge is 0.493 e. The second kappa shape index (κ2) is 11.0. The maximum absolute atomic E-state index is 13.2. The van der Waals surface area contributed by atoms with Crippen molar-refractivity contribution in [2.24, 2.45) is 0 Å². The summed E-state index contributed by atoms with van der Waals surface area (Å²) >= 11 is 0. The van der Waals surface area contributed by atoms with E-state index >= 15 is 0 Å². The van der Waals surface area contributed by atoms with Crippen molar-refractivity contribution in [2.75, 3.05) is 40.5 Å². The molecule has 2 amide bonds. The Morgan fingerprint density at radius 1 is 1.08 bits per heavy atom. The first kappa shape index (κ1) is 25.5. The number of nitrogens with zero attached hydrogens (tertiary/aromatic N) is 1. The van der Waals surface area contributed by atoms with E-state index in [4.69, 9.17) is 14.2 Å². The first-order valence-electron chi connectivity index (χ1n) is 11.3. The number of fused-ring (bicyclic) bond motifs is 1. The molecule has 192 valence electrons. The van der Waals surface area contributed by atoms with Crippen LogP contribution in [0.4, 0.5) is 0 Å². The maximum Gasteiger partial charge on any atom is 0.309 e. The Bertz CT molecular complexity index is 1360. The summed E-state index contributed by atoms with van der Waals surface area (Å²) in [6.45, 7) is 0.354. The van der Waals surface area contributed by atoms with Crippen LogP contribution in [0.2, 0.25) is 0 Å². The van der Waals surface area contributed by atoms with E-state index in [1.165, 1.54) is 32.4 Å². The number of sulfonamides is 1. The SMILES string of the molecule is COc1ccc(S(=O)(=O)N2CCO[C@H]2CNC(=O)C(=O)NCCc2c[nH]c3ccccc23)cc1OC. The normalized spacial score (nSPS) is 16.1. The van der Waals surface area contributed by atoms with Gasteiger partial charge in [0.05, 0.1) is 32.3 Å². The molecule has 2 aromatic carbocycles. The summed E-state index contributed by atoms with van der Waals surface area (Å²) in [7, 11) is -1.08. The molecule has 0 spiro atoms. The van der Waals surface area contributed by atoms with Crippen LogP contribution in [0, 0.1) is 0 Å². The smallest absolute Gasteiger partial charge is 0.309 e. The summed E-state index contributed by atoms with van der Waals surface area (Å²) in [4.78, 5) is 27.7. The number of carbonyl (C=O) groups excluding carboxylic acids is 2. The van der Waals surface area contributed by atoms with Gasteiger partial charge in [-0.05, 0) is 30.2 Å². The number of hydrogen-bond acceptors (Lipinski definition) is 7. The number of rotatable bonds is 9. The van der Waals surface area contributed by atoms with Gasteiger partial charge in [0, 0.05) is 36.3 Å². The minimum absolute atomic E-state index is 0.00278. The fourth-order valence-electron chi connectivity index (χ4n) is 4.04. The molecule has 1 atom stereocenters. The Kier molecular flexibility index (Phi) is 7.77. The highest BCUT2D eigenvalue weighted by atomic mass is 32.2. The van der Waals surface area contributed by atoms with E-state index in [1.54, 1.807) is 0 Å². The van der Waals surface area contributed by atoms with E-state index in [2.05, 4.69) is 15.6 Å². The second-order valence-electron chi connectivity index (χ2n) is 8.03. The van der Waals surface area contributed by atoms with Crippen LogP contribution in [0.3, 0.4) is 0 Å². The molecule has 0 radical (unpaired) electrons. The number of para-hydroxylation sites is 1. The zero-order chi connectivity index (χ0) is 25.7. The van der Waals surface area contributed by atoms with Gasteiger partial charge in [-0.15, -0.1) is 0 Å².